The van der Waals surface area contributed by atoms with Crippen molar-refractivity contribution in [3.63, 3.8) is 0 Å². The number of hydrogen-bond donors (Lipinski definition) is 2. The van der Waals surface area contributed by atoms with E-state index in [0.29, 0.717) is 5.02 Å². The third-order valence-corrected chi connectivity index (χ3v) is 4.75. The van der Waals surface area contributed by atoms with Gasteiger partial charge in [-0.2, -0.15) is 0 Å². The summed E-state index contributed by atoms with van der Waals surface area (Å²) < 4.78 is 1.81. The molecule has 0 aliphatic heterocycles. The minimum absolute atomic E-state index is 0.123. The molecule has 0 bridgehead atoms. The minimum Gasteiger partial charge on any atom is -0.390 e. The molecule has 0 spiro atoms. The van der Waals surface area contributed by atoms with Crippen LogP contribution in [0.15, 0.2) is 48.1 Å². The first-order chi connectivity index (χ1) is 11.2. The van der Waals surface area contributed by atoms with Crippen LogP contribution in [0.3, 0.4) is 0 Å². The summed E-state index contributed by atoms with van der Waals surface area (Å²) in [5.74, 6) is 0. The first-order valence-electron chi connectivity index (χ1n) is 7.55. The van der Waals surface area contributed by atoms with Crippen LogP contribution in [0.4, 0.5) is 0 Å². The van der Waals surface area contributed by atoms with E-state index in [-0.39, 0.29) is 13.3 Å². The van der Waals surface area contributed by atoms with E-state index in [1.165, 1.54) is 11.1 Å². The van der Waals surface area contributed by atoms with E-state index in [1.54, 1.807) is 0 Å². The Labute approximate surface area is 138 Å². The summed E-state index contributed by atoms with van der Waals surface area (Å²) in [5.41, 5.74) is 5.07. The van der Waals surface area contributed by atoms with Gasteiger partial charge >= 0.3 is 0 Å². The molecule has 2 N–H and O–H groups in total. The fourth-order valence-electron chi connectivity index (χ4n) is 3.51. The van der Waals surface area contributed by atoms with Crippen molar-refractivity contribution < 1.29 is 10.2 Å². The van der Waals surface area contributed by atoms with Crippen LogP contribution in [0.1, 0.15) is 12.1 Å². The molecule has 4 rings (SSSR count). The molecule has 0 unspecified atom stereocenters. The molecule has 23 heavy (non-hydrogen) atoms. The Morgan fingerprint density at radius 1 is 1.13 bits per heavy atom. The number of allylic oxidation sites excluding steroid dienone is 4. The molecule has 116 valence electrons. The lowest BCUT2D eigenvalue weighted by Gasteiger charge is -2.11. The van der Waals surface area contributed by atoms with Crippen molar-refractivity contribution >= 4 is 23.3 Å². The predicted octanol–water partition coefficient (Wildman–Crippen LogP) is 2.08. The first kappa shape index (κ1) is 14.5. The average molecular weight is 326 g/mol. The zero-order valence-electron chi connectivity index (χ0n) is 12.5. The van der Waals surface area contributed by atoms with Crippen molar-refractivity contribution in [3.05, 3.63) is 69.4 Å². The summed E-state index contributed by atoms with van der Waals surface area (Å²) >= 11 is 6.00. The highest BCUT2D eigenvalue weighted by atomic mass is 35.5. The van der Waals surface area contributed by atoms with Crippen molar-refractivity contribution in [1.29, 1.82) is 0 Å². The Morgan fingerprint density at radius 3 is 2.61 bits per heavy atom. The maximum Gasteiger partial charge on any atom is 0.120 e. The SMILES string of the molecule is OCc1c(-c2ccc(Cl)cc2)c2c(n1CO)=C1CC=CC=C1C=2. The van der Waals surface area contributed by atoms with Gasteiger partial charge in [0.15, 0.2) is 0 Å². The smallest absolute Gasteiger partial charge is 0.120 e. The van der Waals surface area contributed by atoms with Gasteiger partial charge in [-0.05, 0) is 41.3 Å². The third-order valence-electron chi connectivity index (χ3n) is 4.50. The van der Waals surface area contributed by atoms with Crippen LogP contribution in [-0.4, -0.2) is 14.8 Å². The fourth-order valence-corrected chi connectivity index (χ4v) is 3.64. The lowest BCUT2D eigenvalue weighted by atomic mass is 10.0. The molecule has 2 aliphatic carbocycles. The van der Waals surface area contributed by atoms with E-state index in [1.807, 2.05) is 28.8 Å². The van der Waals surface area contributed by atoms with Crippen LogP contribution in [0.5, 0.6) is 0 Å². The molecule has 0 saturated carbocycles. The number of benzene rings is 1. The number of aliphatic hydroxyl groups excluding tert-OH is 2. The molecule has 1 aromatic heterocycles. The van der Waals surface area contributed by atoms with E-state index in [2.05, 4.69) is 24.3 Å². The zero-order chi connectivity index (χ0) is 16.0. The molecular formula is C19H16ClNO2. The van der Waals surface area contributed by atoms with Crippen molar-refractivity contribution in [1.82, 2.24) is 4.57 Å². The lowest BCUT2D eigenvalue weighted by molar-refractivity contribution is 0.190. The molecule has 4 heteroatoms. The van der Waals surface area contributed by atoms with Gasteiger partial charge in [0.05, 0.1) is 17.6 Å². The monoisotopic (exact) mass is 325 g/mol. The molecule has 0 fully saturated rings. The summed E-state index contributed by atoms with van der Waals surface area (Å²) in [6.07, 6.45) is 9.23. The Morgan fingerprint density at radius 2 is 1.91 bits per heavy atom. The maximum absolute atomic E-state index is 9.89. The molecule has 1 heterocycles. The summed E-state index contributed by atoms with van der Waals surface area (Å²) in [6.45, 7) is -0.276. The van der Waals surface area contributed by atoms with Gasteiger partial charge in [0.25, 0.3) is 0 Å². The normalized spacial score (nSPS) is 15.3. The van der Waals surface area contributed by atoms with Crippen molar-refractivity contribution in [2.75, 3.05) is 0 Å². The largest absolute Gasteiger partial charge is 0.390 e. The number of rotatable bonds is 3. The van der Waals surface area contributed by atoms with Crippen LogP contribution in [0.25, 0.3) is 22.8 Å². The minimum atomic E-state index is -0.153. The summed E-state index contributed by atoms with van der Waals surface area (Å²) in [4.78, 5) is 0. The van der Waals surface area contributed by atoms with Gasteiger partial charge in [0.2, 0.25) is 0 Å². The van der Waals surface area contributed by atoms with E-state index in [0.717, 1.165) is 33.8 Å². The first-order valence-corrected chi connectivity index (χ1v) is 7.93. The van der Waals surface area contributed by atoms with E-state index in [4.69, 9.17) is 11.6 Å². The average Bonchev–Trinajstić information content (AvgIpc) is 3.09. The fraction of sp³-hybridized carbons (Fsp3) is 0.158. The van der Waals surface area contributed by atoms with Crippen molar-refractivity contribution in [2.45, 2.75) is 19.8 Å². The maximum atomic E-state index is 9.89. The highest BCUT2D eigenvalue weighted by Crippen LogP contribution is 2.28. The molecule has 2 aromatic rings. The zero-order valence-corrected chi connectivity index (χ0v) is 13.2. The van der Waals surface area contributed by atoms with Crippen molar-refractivity contribution in [2.24, 2.45) is 0 Å². The van der Waals surface area contributed by atoms with E-state index >= 15 is 0 Å². The quantitative estimate of drug-likeness (QED) is 0.907. The second-order valence-corrected chi connectivity index (χ2v) is 6.13. The molecular weight excluding hydrogens is 310 g/mol. The number of nitrogens with zero attached hydrogens (tertiary/aromatic N) is 1. The Kier molecular flexibility index (Phi) is 3.49. The van der Waals surface area contributed by atoms with Crippen LogP contribution in [0.2, 0.25) is 5.02 Å². The summed E-state index contributed by atoms with van der Waals surface area (Å²) in [6, 6.07) is 7.59. The number of aliphatic hydroxyl groups is 2. The molecule has 1 aromatic carbocycles. The standard InChI is InChI=1S/C19H16ClNO2/c20-14-7-5-12(6-8-14)18-16-9-13-3-1-2-4-15(13)19(16)21(11-23)17(18)10-22/h1-3,5-9,22-23H,4,10-11H2. The highest BCUT2D eigenvalue weighted by Gasteiger charge is 2.23. The number of fused-ring (bicyclic) bond motifs is 2. The van der Waals surface area contributed by atoms with Gasteiger partial charge in [-0.3, -0.25) is 0 Å². The van der Waals surface area contributed by atoms with Gasteiger partial charge < -0.3 is 14.8 Å². The molecule has 3 nitrogen and oxygen atoms in total. The van der Waals surface area contributed by atoms with Crippen LogP contribution >= 0.6 is 11.6 Å². The molecule has 0 amide bonds. The van der Waals surface area contributed by atoms with Gasteiger partial charge in [0.1, 0.15) is 6.73 Å². The van der Waals surface area contributed by atoms with Gasteiger partial charge in [-0.25, -0.2) is 0 Å². The Balaban J connectivity index is 2.10. The van der Waals surface area contributed by atoms with Gasteiger partial charge in [-0.15, -0.1) is 0 Å². The van der Waals surface area contributed by atoms with Crippen LogP contribution in [0, 0.1) is 0 Å². The predicted molar refractivity (Wildman–Crippen MR) is 92.0 cm³/mol. The molecule has 0 atom stereocenters. The van der Waals surface area contributed by atoms with E-state index < -0.39 is 0 Å². The lowest BCUT2D eigenvalue weighted by Crippen LogP contribution is -2.29. The Hall–Kier alpha value is -2.07. The number of hydrogen-bond acceptors (Lipinski definition) is 2. The molecule has 0 saturated heterocycles. The molecule has 2 aliphatic rings. The third kappa shape index (κ3) is 2.12. The van der Waals surface area contributed by atoms with Gasteiger partial charge in [-0.1, -0.05) is 42.0 Å². The van der Waals surface area contributed by atoms with Crippen molar-refractivity contribution in [3.8, 4) is 11.1 Å². The summed E-state index contributed by atoms with van der Waals surface area (Å²) in [5, 5.41) is 22.5. The Bertz CT molecular complexity index is 962. The highest BCUT2D eigenvalue weighted by molar-refractivity contribution is 6.30. The second-order valence-electron chi connectivity index (χ2n) is 5.70. The second kappa shape index (κ2) is 5.53. The summed E-state index contributed by atoms with van der Waals surface area (Å²) in [7, 11) is 0. The number of halogens is 1. The van der Waals surface area contributed by atoms with Crippen LogP contribution < -0.4 is 10.6 Å². The number of aromatic nitrogens is 1. The van der Waals surface area contributed by atoms with E-state index in [9.17, 15) is 10.2 Å². The van der Waals surface area contributed by atoms with Gasteiger partial charge in [0, 0.05) is 15.8 Å². The van der Waals surface area contributed by atoms with Crippen LogP contribution in [-0.2, 0) is 13.3 Å². The molecule has 0 radical (unpaired) electrons. The topological polar surface area (TPSA) is 45.4 Å².